The van der Waals surface area contributed by atoms with E-state index in [1.165, 1.54) is 18.2 Å². The molecule has 2 aromatic carbocycles. The summed E-state index contributed by atoms with van der Waals surface area (Å²) in [7, 11) is 0. The Morgan fingerprint density at radius 1 is 1.07 bits per heavy atom. The van der Waals surface area contributed by atoms with Crippen molar-refractivity contribution in [1.29, 1.82) is 0 Å². The maximum Gasteiger partial charge on any atom is 0.274 e. The number of rotatable bonds is 5. The molecular formula is C20H14ClFN4O3. The van der Waals surface area contributed by atoms with Crippen LogP contribution < -0.4 is 5.32 Å². The first-order valence-electron chi connectivity index (χ1n) is 8.62. The van der Waals surface area contributed by atoms with Crippen molar-refractivity contribution in [3.8, 4) is 22.7 Å². The fourth-order valence-electron chi connectivity index (χ4n) is 2.62. The molecular weight excluding hydrogens is 399 g/mol. The molecule has 0 saturated carbocycles. The molecule has 0 saturated heterocycles. The highest BCUT2D eigenvalue weighted by Crippen LogP contribution is 2.24. The van der Waals surface area contributed by atoms with E-state index in [4.69, 9.17) is 20.6 Å². The summed E-state index contributed by atoms with van der Waals surface area (Å²) in [6.07, 6.45) is 0. The summed E-state index contributed by atoms with van der Waals surface area (Å²) < 4.78 is 23.5. The lowest BCUT2D eigenvalue weighted by atomic mass is 10.1. The van der Waals surface area contributed by atoms with Crippen molar-refractivity contribution < 1.29 is 18.2 Å². The van der Waals surface area contributed by atoms with Crippen molar-refractivity contribution in [3.05, 3.63) is 77.0 Å². The molecule has 0 radical (unpaired) electrons. The number of halogens is 2. The molecule has 1 atom stereocenters. The summed E-state index contributed by atoms with van der Waals surface area (Å²) in [5.74, 6) is 0.0996. The Hall–Kier alpha value is -3.52. The summed E-state index contributed by atoms with van der Waals surface area (Å²) in [5.41, 5.74) is 1.41. The number of amides is 1. The molecule has 2 heterocycles. The molecule has 0 aliphatic heterocycles. The Bertz CT molecular complexity index is 1160. The van der Waals surface area contributed by atoms with Crippen LogP contribution in [0.1, 0.15) is 29.3 Å². The molecule has 7 nitrogen and oxygen atoms in total. The monoisotopic (exact) mass is 412 g/mol. The third-order valence-electron chi connectivity index (χ3n) is 4.11. The Morgan fingerprint density at radius 3 is 2.62 bits per heavy atom. The molecule has 1 N–H and O–H groups in total. The molecule has 9 heteroatoms. The molecule has 0 aliphatic carbocycles. The predicted molar refractivity (Wildman–Crippen MR) is 103 cm³/mol. The standard InChI is InChI=1S/C20H14ClFN4O3/c1-11(20-24-18(26-29-20)12-5-7-15(22)8-6-12)23-19(27)16-10-17(28-25-16)13-3-2-4-14(21)9-13/h2-11H,1H3,(H,23,27). The maximum absolute atomic E-state index is 13.0. The highest BCUT2D eigenvalue weighted by molar-refractivity contribution is 6.30. The van der Waals surface area contributed by atoms with E-state index in [1.807, 2.05) is 0 Å². The van der Waals surface area contributed by atoms with E-state index in [-0.39, 0.29) is 17.4 Å². The zero-order chi connectivity index (χ0) is 20.4. The van der Waals surface area contributed by atoms with Gasteiger partial charge < -0.3 is 14.4 Å². The highest BCUT2D eigenvalue weighted by atomic mass is 35.5. The van der Waals surface area contributed by atoms with Gasteiger partial charge in [-0.05, 0) is 43.3 Å². The maximum atomic E-state index is 13.0. The highest BCUT2D eigenvalue weighted by Gasteiger charge is 2.21. The predicted octanol–water partition coefficient (Wildman–Crippen LogP) is 4.68. The van der Waals surface area contributed by atoms with Crippen molar-refractivity contribution in [1.82, 2.24) is 20.6 Å². The number of nitrogens with zero attached hydrogens (tertiary/aromatic N) is 3. The molecule has 146 valence electrons. The lowest BCUT2D eigenvalue weighted by Gasteiger charge is -2.07. The van der Waals surface area contributed by atoms with E-state index in [0.29, 0.717) is 27.7 Å². The molecule has 1 unspecified atom stereocenters. The van der Waals surface area contributed by atoms with Crippen molar-refractivity contribution in [2.45, 2.75) is 13.0 Å². The van der Waals surface area contributed by atoms with E-state index in [2.05, 4.69) is 20.6 Å². The number of hydrogen-bond acceptors (Lipinski definition) is 6. The number of hydrogen-bond donors (Lipinski definition) is 1. The molecule has 1 amide bonds. The SMILES string of the molecule is CC(NC(=O)c1cc(-c2cccc(Cl)c2)on1)c1nc(-c2ccc(F)cc2)no1. The fraction of sp³-hybridized carbons (Fsp3) is 0.100. The van der Waals surface area contributed by atoms with Crippen LogP contribution >= 0.6 is 11.6 Å². The van der Waals surface area contributed by atoms with Gasteiger partial charge in [0.25, 0.3) is 5.91 Å². The molecule has 0 spiro atoms. The molecule has 4 rings (SSSR count). The third kappa shape index (κ3) is 4.17. The van der Waals surface area contributed by atoms with Crippen LogP contribution in [0, 0.1) is 5.82 Å². The smallest absolute Gasteiger partial charge is 0.274 e. The zero-order valence-corrected chi connectivity index (χ0v) is 15.9. The van der Waals surface area contributed by atoms with Gasteiger partial charge in [-0.3, -0.25) is 4.79 Å². The van der Waals surface area contributed by atoms with Crippen LogP contribution in [-0.2, 0) is 0 Å². The minimum atomic E-state index is -0.574. The Morgan fingerprint density at radius 2 is 1.86 bits per heavy atom. The second-order valence-corrected chi connectivity index (χ2v) is 6.68. The quantitative estimate of drug-likeness (QED) is 0.511. The second-order valence-electron chi connectivity index (χ2n) is 6.25. The van der Waals surface area contributed by atoms with Gasteiger partial charge >= 0.3 is 0 Å². The van der Waals surface area contributed by atoms with Crippen molar-refractivity contribution in [2.75, 3.05) is 0 Å². The van der Waals surface area contributed by atoms with Crippen LogP contribution in [-0.4, -0.2) is 21.2 Å². The summed E-state index contributed by atoms with van der Waals surface area (Å²) in [5, 5.41) is 10.9. The third-order valence-corrected chi connectivity index (χ3v) is 4.35. The average molecular weight is 413 g/mol. The molecule has 0 bridgehead atoms. The summed E-state index contributed by atoms with van der Waals surface area (Å²) in [6, 6.07) is 13.7. The molecule has 2 aromatic heterocycles. The van der Waals surface area contributed by atoms with Gasteiger partial charge in [-0.2, -0.15) is 4.98 Å². The Balaban J connectivity index is 1.45. The van der Waals surface area contributed by atoms with Crippen LogP contribution in [0.15, 0.2) is 63.6 Å². The van der Waals surface area contributed by atoms with Gasteiger partial charge in [-0.1, -0.05) is 34.0 Å². The van der Waals surface area contributed by atoms with E-state index in [9.17, 15) is 9.18 Å². The molecule has 0 aliphatic rings. The minimum Gasteiger partial charge on any atom is -0.355 e. The number of benzene rings is 2. The fourth-order valence-corrected chi connectivity index (χ4v) is 2.81. The number of carbonyl (C=O) groups excluding carboxylic acids is 1. The van der Waals surface area contributed by atoms with Gasteiger partial charge in [0.05, 0.1) is 0 Å². The first-order chi connectivity index (χ1) is 14.0. The van der Waals surface area contributed by atoms with E-state index < -0.39 is 11.9 Å². The molecule has 4 aromatic rings. The zero-order valence-electron chi connectivity index (χ0n) is 15.1. The Labute approximate surface area is 169 Å². The van der Waals surface area contributed by atoms with Crippen molar-refractivity contribution in [2.24, 2.45) is 0 Å². The van der Waals surface area contributed by atoms with E-state index in [0.717, 1.165) is 0 Å². The Kier molecular flexibility index (Phi) is 5.09. The van der Waals surface area contributed by atoms with E-state index in [1.54, 1.807) is 43.3 Å². The van der Waals surface area contributed by atoms with Crippen LogP contribution in [0.3, 0.4) is 0 Å². The van der Waals surface area contributed by atoms with Crippen LogP contribution in [0.4, 0.5) is 4.39 Å². The average Bonchev–Trinajstić information content (AvgIpc) is 3.39. The van der Waals surface area contributed by atoms with Crippen molar-refractivity contribution >= 4 is 17.5 Å². The largest absolute Gasteiger partial charge is 0.355 e. The van der Waals surface area contributed by atoms with Gasteiger partial charge in [-0.15, -0.1) is 0 Å². The first kappa shape index (κ1) is 18.8. The topological polar surface area (TPSA) is 94.1 Å². The van der Waals surface area contributed by atoms with Gasteiger partial charge in [0.2, 0.25) is 11.7 Å². The number of nitrogens with one attached hydrogen (secondary N) is 1. The van der Waals surface area contributed by atoms with Crippen molar-refractivity contribution in [3.63, 3.8) is 0 Å². The van der Waals surface area contributed by atoms with Crippen LogP contribution in [0.25, 0.3) is 22.7 Å². The van der Waals surface area contributed by atoms with Gasteiger partial charge in [0.15, 0.2) is 11.5 Å². The van der Waals surface area contributed by atoms with Crippen LogP contribution in [0.5, 0.6) is 0 Å². The molecule has 29 heavy (non-hydrogen) atoms. The number of aromatic nitrogens is 3. The van der Waals surface area contributed by atoms with Crippen LogP contribution in [0.2, 0.25) is 5.02 Å². The summed E-state index contributed by atoms with van der Waals surface area (Å²) >= 11 is 5.97. The normalized spacial score (nSPS) is 12.0. The summed E-state index contributed by atoms with van der Waals surface area (Å²) in [4.78, 5) is 16.7. The number of carbonyl (C=O) groups is 1. The first-order valence-corrected chi connectivity index (χ1v) is 9.00. The second kappa shape index (κ2) is 7.84. The summed E-state index contributed by atoms with van der Waals surface area (Å²) in [6.45, 7) is 1.69. The van der Waals surface area contributed by atoms with E-state index >= 15 is 0 Å². The van der Waals surface area contributed by atoms with Gasteiger partial charge in [0, 0.05) is 22.2 Å². The van der Waals surface area contributed by atoms with Gasteiger partial charge in [0.1, 0.15) is 11.9 Å². The minimum absolute atomic E-state index is 0.102. The molecule has 0 fully saturated rings. The lowest BCUT2D eigenvalue weighted by Crippen LogP contribution is -2.27. The lowest BCUT2D eigenvalue weighted by molar-refractivity contribution is 0.0923. The van der Waals surface area contributed by atoms with Gasteiger partial charge in [-0.25, -0.2) is 4.39 Å².